The first-order valence-corrected chi connectivity index (χ1v) is 3.98. The second-order valence-electron chi connectivity index (χ2n) is 1.74. The summed E-state index contributed by atoms with van der Waals surface area (Å²) >= 11 is 1.58. The molecule has 0 unspecified atom stereocenters. The summed E-state index contributed by atoms with van der Waals surface area (Å²) in [6.45, 7) is 0.894. The molecule has 1 N–H and O–H groups in total. The molecular formula is C7H8N2OS. The normalized spacial score (nSPS) is 9.36. The molecule has 0 fully saturated rings. The van der Waals surface area contributed by atoms with E-state index in [1.54, 1.807) is 17.5 Å². The Bertz CT molecular complexity index is 227. The minimum absolute atomic E-state index is 0.283. The van der Waals surface area contributed by atoms with E-state index in [0.29, 0.717) is 6.54 Å². The van der Waals surface area contributed by atoms with E-state index in [0.717, 1.165) is 5.01 Å². The Morgan fingerprint density at radius 2 is 2.73 bits per heavy atom. The number of aromatic nitrogens is 1. The van der Waals surface area contributed by atoms with Crippen LogP contribution >= 0.6 is 11.3 Å². The van der Waals surface area contributed by atoms with Crippen molar-refractivity contribution in [3.8, 4) is 12.3 Å². The molecule has 0 spiro atoms. The van der Waals surface area contributed by atoms with Gasteiger partial charge >= 0.3 is 0 Å². The highest BCUT2D eigenvalue weighted by Gasteiger charge is 1.92. The molecule has 58 valence electrons. The van der Waals surface area contributed by atoms with Crippen molar-refractivity contribution in [1.29, 1.82) is 0 Å². The van der Waals surface area contributed by atoms with Gasteiger partial charge in [0.05, 0.1) is 6.54 Å². The highest BCUT2D eigenvalue weighted by Crippen LogP contribution is 2.01. The third-order valence-electron chi connectivity index (χ3n) is 0.964. The van der Waals surface area contributed by atoms with E-state index in [1.165, 1.54) is 0 Å². The van der Waals surface area contributed by atoms with Crippen LogP contribution in [0.3, 0.4) is 0 Å². The van der Waals surface area contributed by atoms with Crippen LogP contribution in [0.1, 0.15) is 5.01 Å². The second-order valence-corrected chi connectivity index (χ2v) is 2.72. The van der Waals surface area contributed by atoms with Crippen LogP contribution in [0, 0.1) is 12.3 Å². The lowest BCUT2D eigenvalue weighted by Gasteiger charge is -1.98. The maximum atomic E-state index is 4.96. The van der Waals surface area contributed by atoms with Gasteiger partial charge in [-0.15, -0.1) is 17.8 Å². The zero-order chi connectivity index (χ0) is 7.94. The number of thiazole rings is 1. The van der Waals surface area contributed by atoms with E-state index in [4.69, 9.17) is 11.3 Å². The average molecular weight is 168 g/mol. The Hall–Kier alpha value is -0.890. The Balaban J connectivity index is 2.10. The number of hydrogen-bond acceptors (Lipinski definition) is 4. The van der Waals surface area contributed by atoms with Crippen LogP contribution in [0.4, 0.5) is 0 Å². The number of rotatable bonds is 4. The predicted octanol–water partition coefficient (Wildman–Crippen LogP) is 0.797. The van der Waals surface area contributed by atoms with Gasteiger partial charge in [0.15, 0.2) is 0 Å². The van der Waals surface area contributed by atoms with Gasteiger partial charge in [0.25, 0.3) is 0 Å². The molecule has 1 aromatic rings. The van der Waals surface area contributed by atoms with Crippen molar-refractivity contribution < 1.29 is 4.84 Å². The van der Waals surface area contributed by atoms with Crippen molar-refractivity contribution in [2.75, 3.05) is 6.61 Å². The first-order valence-electron chi connectivity index (χ1n) is 3.10. The third kappa shape index (κ3) is 3.14. The highest BCUT2D eigenvalue weighted by molar-refractivity contribution is 7.09. The first-order chi connectivity index (χ1) is 5.43. The topological polar surface area (TPSA) is 34.1 Å². The minimum Gasteiger partial charge on any atom is -0.288 e. The van der Waals surface area contributed by atoms with E-state index in [9.17, 15) is 0 Å². The smallest absolute Gasteiger partial charge is 0.128 e. The molecule has 0 radical (unpaired) electrons. The lowest BCUT2D eigenvalue weighted by atomic mass is 10.7. The molecule has 3 nitrogen and oxygen atoms in total. The summed E-state index contributed by atoms with van der Waals surface area (Å²) < 4.78 is 0. The molecule has 0 aliphatic rings. The summed E-state index contributed by atoms with van der Waals surface area (Å²) in [7, 11) is 0. The average Bonchev–Trinajstić information content (AvgIpc) is 2.50. The van der Waals surface area contributed by atoms with Crippen LogP contribution in [-0.4, -0.2) is 11.6 Å². The standard InChI is InChI=1S/C7H8N2OS/c1-2-4-10-9-6-7-8-3-5-11-7/h1,3,5,9H,4,6H2. The monoisotopic (exact) mass is 168 g/mol. The van der Waals surface area contributed by atoms with Crippen molar-refractivity contribution in [2.24, 2.45) is 0 Å². The van der Waals surface area contributed by atoms with E-state index in [2.05, 4.69) is 16.4 Å². The van der Waals surface area contributed by atoms with Crippen LogP contribution in [0.25, 0.3) is 0 Å². The maximum absolute atomic E-state index is 4.96. The SMILES string of the molecule is C#CCONCc1nccs1. The summed E-state index contributed by atoms with van der Waals surface area (Å²) in [5.74, 6) is 2.35. The molecule has 1 heterocycles. The minimum atomic E-state index is 0.283. The zero-order valence-corrected chi connectivity index (χ0v) is 6.73. The molecule has 0 amide bonds. The number of nitrogens with zero attached hydrogens (tertiary/aromatic N) is 1. The fraction of sp³-hybridized carbons (Fsp3) is 0.286. The van der Waals surface area contributed by atoms with Crippen molar-refractivity contribution in [2.45, 2.75) is 6.54 Å². The van der Waals surface area contributed by atoms with Crippen LogP contribution in [0.5, 0.6) is 0 Å². The quantitative estimate of drug-likeness (QED) is 0.410. The second kappa shape index (κ2) is 4.85. The lowest BCUT2D eigenvalue weighted by molar-refractivity contribution is 0.0615. The van der Waals surface area contributed by atoms with Crippen molar-refractivity contribution in [3.63, 3.8) is 0 Å². The number of hydroxylamine groups is 1. The molecule has 0 aliphatic heterocycles. The number of terminal acetylenes is 1. The van der Waals surface area contributed by atoms with Gasteiger partial charge in [0.1, 0.15) is 11.6 Å². The Morgan fingerprint density at radius 1 is 1.82 bits per heavy atom. The molecular weight excluding hydrogens is 160 g/mol. The maximum Gasteiger partial charge on any atom is 0.128 e. The molecule has 0 atom stereocenters. The van der Waals surface area contributed by atoms with Gasteiger partial charge in [-0.2, -0.15) is 5.48 Å². The largest absolute Gasteiger partial charge is 0.288 e. The van der Waals surface area contributed by atoms with Crippen molar-refractivity contribution in [1.82, 2.24) is 10.5 Å². The summed E-state index contributed by atoms with van der Waals surface area (Å²) in [5, 5.41) is 2.90. The van der Waals surface area contributed by atoms with E-state index >= 15 is 0 Å². The Labute approximate surface area is 69.4 Å². The van der Waals surface area contributed by atoms with Crippen LogP contribution in [-0.2, 0) is 11.4 Å². The van der Waals surface area contributed by atoms with Crippen LogP contribution in [0.15, 0.2) is 11.6 Å². The van der Waals surface area contributed by atoms with E-state index < -0.39 is 0 Å². The molecule has 0 aliphatic carbocycles. The molecule has 0 bridgehead atoms. The van der Waals surface area contributed by atoms with Gasteiger partial charge in [-0.3, -0.25) is 4.84 Å². The summed E-state index contributed by atoms with van der Waals surface area (Å²) in [4.78, 5) is 8.87. The van der Waals surface area contributed by atoms with Gasteiger partial charge in [-0.05, 0) is 0 Å². The van der Waals surface area contributed by atoms with Gasteiger partial charge in [0, 0.05) is 11.6 Å². The van der Waals surface area contributed by atoms with Crippen molar-refractivity contribution in [3.05, 3.63) is 16.6 Å². The van der Waals surface area contributed by atoms with Crippen molar-refractivity contribution >= 4 is 11.3 Å². The fourth-order valence-electron chi connectivity index (χ4n) is 0.546. The Morgan fingerprint density at radius 3 is 3.36 bits per heavy atom. The lowest BCUT2D eigenvalue weighted by Crippen LogP contribution is -2.13. The van der Waals surface area contributed by atoms with Gasteiger partial charge in [0.2, 0.25) is 0 Å². The third-order valence-corrected chi connectivity index (χ3v) is 1.74. The summed E-state index contributed by atoms with van der Waals surface area (Å²) in [6.07, 6.45) is 6.71. The zero-order valence-electron chi connectivity index (χ0n) is 5.91. The molecule has 0 aromatic carbocycles. The summed E-state index contributed by atoms with van der Waals surface area (Å²) in [6, 6.07) is 0. The van der Waals surface area contributed by atoms with Gasteiger partial charge in [-0.25, -0.2) is 4.98 Å². The molecule has 1 aromatic heterocycles. The highest BCUT2D eigenvalue weighted by atomic mass is 32.1. The van der Waals surface area contributed by atoms with E-state index in [-0.39, 0.29) is 6.61 Å². The molecule has 0 saturated heterocycles. The number of hydrogen-bond donors (Lipinski definition) is 1. The Kier molecular flexibility index (Phi) is 3.62. The number of nitrogens with one attached hydrogen (secondary N) is 1. The van der Waals surface area contributed by atoms with E-state index in [1.807, 2.05) is 5.38 Å². The molecule has 0 saturated carbocycles. The summed E-state index contributed by atoms with van der Waals surface area (Å²) in [5.41, 5.74) is 2.69. The van der Waals surface area contributed by atoms with Crippen LogP contribution < -0.4 is 5.48 Å². The van der Waals surface area contributed by atoms with Gasteiger partial charge < -0.3 is 0 Å². The molecule has 1 rings (SSSR count). The van der Waals surface area contributed by atoms with Crippen LogP contribution in [0.2, 0.25) is 0 Å². The first kappa shape index (κ1) is 8.21. The molecule has 4 heteroatoms. The van der Waals surface area contributed by atoms with Gasteiger partial charge in [-0.1, -0.05) is 5.92 Å². The molecule has 11 heavy (non-hydrogen) atoms. The predicted molar refractivity (Wildman–Crippen MR) is 43.7 cm³/mol. The fourth-order valence-corrected chi connectivity index (χ4v) is 1.09.